The Morgan fingerprint density at radius 3 is 2.41 bits per heavy atom. The number of nitrogens with zero attached hydrogens (tertiary/aromatic N) is 4. The molecule has 4 bridgehead atoms. The van der Waals surface area contributed by atoms with Crippen molar-refractivity contribution in [3.05, 3.63) is 58.9 Å². The van der Waals surface area contributed by atoms with Crippen LogP contribution in [0.25, 0.3) is 15.7 Å². The van der Waals surface area contributed by atoms with Gasteiger partial charge in [0.25, 0.3) is 0 Å². The molecule has 29 heavy (non-hydrogen) atoms. The summed E-state index contributed by atoms with van der Waals surface area (Å²) < 4.78 is 2.04. The quantitative estimate of drug-likeness (QED) is 0.463. The lowest BCUT2D eigenvalue weighted by molar-refractivity contribution is -0.00567. The maximum Gasteiger partial charge on any atom is 0.234 e. The lowest BCUT2D eigenvalue weighted by atomic mass is 9.50. The van der Waals surface area contributed by atoms with Gasteiger partial charge < -0.3 is 0 Å². The van der Waals surface area contributed by atoms with E-state index in [-0.39, 0.29) is 0 Å². The molecular formula is C24H24N4S. The molecular weight excluding hydrogens is 376 g/mol. The van der Waals surface area contributed by atoms with Crippen LogP contribution in [-0.4, -0.2) is 19.8 Å². The van der Waals surface area contributed by atoms with Gasteiger partial charge in [-0.15, -0.1) is 10.2 Å². The molecule has 4 aliphatic carbocycles. The summed E-state index contributed by atoms with van der Waals surface area (Å²) in [7, 11) is 0. The van der Waals surface area contributed by atoms with Gasteiger partial charge in [0.15, 0.2) is 5.82 Å². The standard InChI is InChI=1S/C24H24N4S/c1-2-7-20-18(4-1)5-3-6-19(20)11-21-25-26-23-28(21)27-22(29-23)24-12-15-8-16(13-24)10-17(9-15)14-24/h1-7,15-17H,8-14H2. The minimum atomic E-state index is 0.330. The van der Waals surface area contributed by atoms with Crippen LogP contribution in [0.1, 0.15) is 54.9 Å². The van der Waals surface area contributed by atoms with Crippen molar-refractivity contribution in [2.45, 2.75) is 50.4 Å². The second-order valence-electron chi connectivity index (χ2n) is 9.73. The summed E-state index contributed by atoms with van der Waals surface area (Å²) in [5.74, 6) is 3.77. The third-order valence-electron chi connectivity index (χ3n) is 7.78. The summed E-state index contributed by atoms with van der Waals surface area (Å²) in [6.07, 6.45) is 9.22. The molecule has 8 rings (SSSR count). The highest BCUT2D eigenvalue weighted by molar-refractivity contribution is 7.16. The van der Waals surface area contributed by atoms with Gasteiger partial charge in [0.1, 0.15) is 5.01 Å². The van der Waals surface area contributed by atoms with Crippen molar-refractivity contribution in [2.24, 2.45) is 17.8 Å². The first-order valence-corrected chi connectivity index (χ1v) is 11.8. The second-order valence-corrected chi connectivity index (χ2v) is 10.7. The van der Waals surface area contributed by atoms with Crippen molar-refractivity contribution in [1.29, 1.82) is 0 Å². The van der Waals surface area contributed by atoms with Crippen LogP contribution >= 0.6 is 11.3 Å². The number of benzene rings is 2. The van der Waals surface area contributed by atoms with E-state index in [0.29, 0.717) is 5.41 Å². The zero-order valence-electron chi connectivity index (χ0n) is 16.4. The minimum Gasteiger partial charge on any atom is -0.187 e. The first kappa shape index (κ1) is 16.5. The van der Waals surface area contributed by atoms with Crippen LogP contribution in [-0.2, 0) is 11.8 Å². The molecule has 0 atom stereocenters. The van der Waals surface area contributed by atoms with Gasteiger partial charge in [0.2, 0.25) is 4.96 Å². The molecule has 0 radical (unpaired) electrons. The van der Waals surface area contributed by atoms with Crippen molar-refractivity contribution >= 4 is 27.1 Å². The molecule has 5 heteroatoms. The van der Waals surface area contributed by atoms with Gasteiger partial charge in [-0.1, -0.05) is 53.8 Å². The van der Waals surface area contributed by atoms with E-state index in [0.717, 1.165) is 35.0 Å². The summed E-state index contributed by atoms with van der Waals surface area (Å²) in [6, 6.07) is 15.1. The van der Waals surface area contributed by atoms with Crippen molar-refractivity contribution in [3.63, 3.8) is 0 Å². The van der Waals surface area contributed by atoms with Gasteiger partial charge in [-0.3, -0.25) is 0 Å². The molecule has 4 nitrogen and oxygen atoms in total. The van der Waals surface area contributed by atoms with Gasteiger partial charge in [-0.25, -0.2) is 0 Å². The monoisotopic (exact) mass is 400 g/mol. The first-order chi connectivity index (χ1) is 14.3. The van der Waals surface area contributed by atoms with Gasteiger partial charge >= 0.3 is 0 Å². The summed E-state index contributed by atoms with van der Waals surface area (Å²) in [4.78, 5) is 0.964. The smallest absolute Gasteiger partial charge is 0.187 e. The first-order valence-electron chi connectivity index (χ1n) is 10.9. The Balaban J connectivity index is 1.28. The number of fused-ring (bicyclic) bond motifs is 2. The Labute approximate surface area is 174 Å². The van der Waals surface area contributed by atoms with Crippen molar-refractivity contribution in [3.8, 4) is 0 Å². The van der Waals surface area contributed by atoms with E-state index in [4.69, 9.17) is 5.10 Å². The number of hydrogen-bond acceptors (Lipinski definition) is 4. The van der Waals surface area contributed by atoms with Crippen LogP contribution in [0.15, 0.2) is 42.5 Å². The Morgan fingerprint density at radius 2 is 1.62 bits per heavy atom. The van der Waals surface area contributed by atoms with E-state index in [2.05, 4.69) is 52.7 Å². The Hall–Kier alpha value is -2.27. The Kier molecular flexibility index (Phi) is 3.35. The molecule has 0 N–H and O–H groups in total. The third kappa shape index (κ3) is 2.46. The van der Waals surface area contributed by atoms with Crippen LogP contribution in [0.5, 0.6) is 0 Å². The van der Waals surface area contributed by atoms with E-state index >= 15 is 0 Å². The lowest BCUT2D eigenvalue weighted by Crippen LogP contribution is -2.48. The van der Waals surface area contributed by atoms with Gasteiger partial charge in [-0.05, 0) is 72.6 Å². The van der Waals surface area contributed by atoms with E-state index in [1.165, 1.54) is 59.9 Å². The van der Waals surface area contributed by atoms with E-state index < -0.39 is 0 Å². The van der Waals surface area contributed by atoms with Gasteiger partial charge in [-0.2, -0.15) is 9.61 Å². The molecule has 2 heterocycles. The highest BCUT2D eigenvalue weighted by Gasteiger charge is 2.53. The van der Waals surface area contributed by atoms with Crippen LogP contribution in [0.4, 0.5) is 0 Å². The zero-order valence-corrected chi connectivity index (χ0v) is 17.2. The third-order valence-corrected chi connectivity index (χ3v) is 8.92. The average Bonchev–Trinajstić information content (AvgIpc) is 3.30. The lowest BCUT2D eigenvalue weighted by Gasteiger charge is -2.55. The molecule has 4 aliphatic rings. The van der Waals surface area contributed by atoms with Crippen LogP contribution < -0.4 is 0 Å². The van der Waals surface area contributed by atoms with Crippen molar-refractivity contribution in [1.82, 2.24) is 19.8 Å². The summed E-state index contributed by atoms with van der Waals surface area (Å²) in [5, 5.41) is 18.1. The topological polar surface area (TPSA) is 43.1 Å². The van der Waals surface area contributed by atoms with E-state index in [9.17, 15) is 0 Å². The Morgan fingerprint density at radius 1 is 0.897 bits per heavy atom. The minimum absolute atomic E-state index is 0.330. The van der Waals surface area contributed by atoms with E-state index in [1.54, 1.807) is 11.3 Å². The van der Waals surface area contributed by atoms with Crippen molar-refractivity contribution < 1.29 is 0 Å². The predicted molar refractivity (Wildman–Crippen MR) is 115 cm³/mol. The Bertz CT molecular complexity index is 1200. The van der Waals surface area contributed by atoms with Crippen LogP contribution in [0.2, 0.25) is 0 Å². The fraction of sp³-hybridized carbons (Fsp3) is 0.458. The molecule has 4 saturated carbocycles. The highest BCUT2D eigenvalue weighted by Crippen LogP contribution is 2.61. The van der Waals surface area contributed by atoms with Gasteiger partial charge in [0.05, 0.1) is 0 Å². The fourth-order valence-corrected chi connectivity index (χ4v) is 8.05. The summed E-state index contributed by atoms with van der Waals surface area (Å²) >= 11 is 1.80. The SMILES string of the molecule is c1ccc2c(Cc3nnc4sc(C56CC7CC(CC(C7)C5)C6)nn34)cccc2c1. The summed E-state index contributed by atoms with van der Waals surface area (Å²) in [5.41, 5.74) is 1.62. The molecule has 146 valence electrons. The fourth-order valence-electron chi connectivity index (χ4n) is 6.97. The van der Waals surface area contributed by atoms with Crippen LogP contribution in [0.3, 0.4) is 0 Å². The molecule has 0 saturated heterocycles. The van der Waals surface area contributed by atoms with E-state index in [1.807, 2.05) is 4.52 Å². The average molecular weight is 401 g/mol. The number of aromatic nitrogens is 4. The molecule has 0 unspecified atom stereocenters. The maximum atomic E-state index is 5.15. The molecule has 2 aromatic heterocycles. The molecule has 4 fully saturated rings. The normalized spacial score (nSPS) is 30.6. The number of rotatable bonds is 3. The molecule has 4 aromatic rings. The maximum absolute atomic E-state index is 5.15. The predicted octanol–water partition coefficient (Wildman–Crippen LogP) is 5.40. The summed E-state index contributed by atoms with van der Waals surface area (Å²) in [6.45, 7) is 0. The zero-order chi connectivity index (χ0) is 19.0. The molecule has 0 spiro atoms. The van der Waals surface area contributed by atoms with Gasteiger partial charge in [0, 0.05) is 11.8 Å². The molecule has 0 aliphatic heterocycles. The number of hydrogen-bond donors (Lipinski definition) is 0. The van der Waals surface area contributed by atoms with Crippen LogP contribution in [0, 0.1) is 17.8 Å². The molecule has 0 amide bonds. The van der Waals surface area contributed by atoms with Crippen molar-refractivity contribution in [2.75, 3.05) is 0 Å². The largest absolute Gasteiger partial charge is 0.234 e. The molecule has 2 aromatic carbocycles. The highest BCUT2D eigenvalue weighted by atomic mass is 32.1. The second kappa shape index (κ2) is 5.88.